The molecule has 1 N–H and O–H groups in total. The summed E-state index contributed by atoms with van der Waals surface area (Å²) < 4.78 is 2.09. The van der Waals surface area contributed by atoms with Crippen molar-refractivity contribution in [3.63, 3.8) is 0 Å². The molecule has 0 aromatic heterocycles. The molecule has 5 rings (SSSR count). The summed E-state index contributed by atoms with van der Waals surface area (Å²) in [4.78, 5) is 24.6. The maximum absolute atomic E-state index is 12.8. The first kappa shape index (κ1) is 18.1. The topological polar surface area (TPSA) is 63.6 Å². The molecule has 30 heavy (non-hydrogen) atoms. The fourth-order valence-corrected chi connectivity index (χ4v) is 3.73. The summed E-state index contributed by atoms with van der Waals surface area (Å²) in [6, 6.07) is 29.6. The van der Waals surface area contributed by atoms with Crippen LogP contribution in [0.15, 0.2) is 95.8 Å². The standard InChI is InChI=1S/C24H16N4OS/c29-23-20-22(26-24(30)27-23)28(18-14-8-3-9-15-18)21(17-12-6-2-7-13-17)19(25-20)16-10-4-1-5-11-16/h1-15H,(H,27,29,30). The lowest BCUT2D eigenvalue weighted by molar-refractivity contribution is 0.933. The normalized spacial score (nSPS) is 10.9. The number of hydrogen-bond donors (Lipinski definition) is 1. The van der Waals surface area contributed by atoms with Crippen LogP contribution >= 0.6 is 12.2 Å². The van der Waals surface area contributed by atoms with Crippen molar-refractivity contribution in [3.05, 3.63) is 106 Å². The molecule has 5 nitrogen and oxygen atoms in total. The van der Waals surface area contributed by atoms with E-state index in [9.17, 15) is 4.79 Å². The van der Waals surface area contributed by atoms with Gasteiger partial charge < -0.3 is 0 Å². The van der Waals surface area contributed by atoms with Crippen molar-refractivity contribution in [1.29, 1.82) is 0 Å². The van der Waals surface area contributed by atoms with Crippen molar-refractivity contribution in [2.24, 2.45) is 0 Å². The van der Waals surface area contributed by atoms with Crippen molar-refractivity contribution in [1.82, 2.24) is 19.5 Å². The van der Waals surface area contributed by atoms with E-state index >= 15 is 0 Å². The number of benzene rings is 3. The van der Waals surface area contributed by atoms with Crippen LogP contribution < -0.4 is 5.56 Å². The molecule has 0 saturated carbocycles. The third-order valence-electron chi connectivity index (χ3n) is 4.85. The number of H-pyrrole nitrogens is 1. The third-order valence-corrected chi connectivity index (χ3v) is 5.04. The molecule has 2 heterocycles. The van der Waals surface area contributed by atoms with E-state index in [2.05, 4.69) is 9.97 Å². The van der Waals surface area contributed by atoms with Gasteiger partial charge in [0.1, 0.15) is 0 Å². The van der Waals surface area contributed by atoms with Gasteiger partial charge in [-0.25, -0.2) is 4.98 Å². The Labute approximate surface area is 177 Å². The Hall–Kier alpha value is -3.90. The molecular weight excluding hydrogens is 392 g/mol. The molecule has 0 fully saturated rings. The van der Waals surface area contributed by atoms with Gasteiger partial charge in [-0.15, -0.1) is 0 Å². The van der Waals surface area contributed by atoms with Gasteiger partial charge in [0.25, 0.3) is 5.56 Å². The predicted molar refractivity (Wildman–Crippen MR) is 120 cm³/mol. The first-order chi connectivity index (χ1) is 14.7. The second kappa shape index (κ2) is 7.50. The molecule has 2 aliphatic heterocycles. The zero-order valence-corrected chi connectivity index (χ0v) is 16.6. The minimum Gasteiger partial charge on any atom is -0.296 e. The van der Waals surface area contributed by atoms with Gasteiger partial charge in [-0.3, -0.25) is 14.3 Å². The van der Waals surface area contributed by atoms with Crippen molar-refractivity contribution in [2.45, 2.75) is 0 Å². The molecular formula is C24H16N4OS. The Morgan fingerprint density at radius 3 is 1.90 bits per heavy atom. The van der Waals surface area contributed by atoms with Crippen LogP contribution in [0.3, 0.4) is 0 Å². The molecule has 0 unspecified atom stereocenters. The number of fused-ring (bicyclic) bond motifs is 1. The van der Waals surface area contributed by atoms with Crippen molar-refractivity contribution in [2.75, 3.05) is 0 Å². The highest BCUT2D eigenvalue weighted by atomic mass is 32.1. The van der Waals surface area contributed by atoms with E-state index in [1.165, 1.54) is 0 Å². The first-order valence-electron chi connectivity index (χ1n) is 9.46. The highest BCUT2D eigenvalue weighted by Crippen LogP contribution is 2.36. The van der Waals surface area contributed by atoms with E-state index in [-0.39, 0.29) is 16.0 Å². The van der Waals surface area contributed by atoms with Gasteiger partial charge in [0.15, 0.2) is 11.5 Å². The van der Waals surface area contributed by atoms with E-state index in [0.717, 1.165) is 22.5 Å². The van der Waals surface area contributed by atoms with E-state index in [4.69, 9.17) is 17.2 Å². The Morgan fingerprint density at radius 1 is 0.700 bits per heavy atom. The van der Waals surface area contributed by atoms with E-state index in [1.54, 1.807) is 0 Å². The zero-order valence-electron chi connectivity index (χ0n) is 15.8. The van der Waals surface area contributed by atoms with Gasteiger partial charge in [0, 0.05) is 16.8 Å². The molecule has 0 amide bonds. The highest BCUT2D eigenvalue weighted by molar-refractivity contribution is 7.71. The SMILES string of the molecule is O=c1[nH]c(=S)nc2n(-c3ccccc3)c(-c3ccccc3)c(-c3ccccc3)nc1-2. The molecule has 0 spiro atoms. The van der Waals surface area contributed by atoms with E-state index in [0.29, 0.717) is 11.5 Å². The van der Waals surface area contributed by atoms with Crippen LogP contribution in [0.5, 0.6) is 0 Å². The van der Waals surface area contributed by atoms with Gasteiger partial charge in [-0.1, -0.05) is 78.9 Å². The Kier molecular flexibility index (Phi) is 4.53. The smallest absolute Gasteiger partial charge is 0.279 e. The maximum atomic E-state index is 12.8. The van der Waals surface area contributed by atoms with Crippen LogP contribution in [0, 0.1) is 4.77 Å². The van der Waals surface area contributed by atoms with Crippen LogP contribution in [0.2, 0.25) is 0 Å². The second-order valence-electron chi connectivity index (χ2n) is 6.76. The minimum absolute atomic E-state index is 0.130. The fraction of sp³-hybridized carbons (Fsp3) is 0. The lowest BCUT2D eigenvalue weighted by atomic mass is 10.0. The summed E-state index contributed by atoms with van der Waals surface area (Å²) >= 11 is 5.22. The van der Waals surface area contributed by atoms with Crippen LogP contribution in [0.1, 0.15) is 0 Å². The highest BCUT2D eigenvalue weighted by Gasteiger charge is 2.24. The number of nitrogens with one attached hydrogen (secondary N) is 1. The fourth-order valence-electron chi connectivity index (χ4n) is 3.56. The summed E-state index contributed by atoms with van der Waals surface area (Å²) in [6.45, 7) is 0. The predicted octanol–water partition coefficient (Wildman–Crippen LogP) is 5.12. The van der Waals surface area contributed by atoms with Gasteiger partial charge in [-0.2, -0.15) is 4.98 Å². The summed E-state index contributed by atoms with van der Waals surface area (Å²) in [5.41, 5.74) is 4.16. The van der Waals surface area contributed by atoms with Crippen LogP contribution in [-0.4, -0.2) is 19.5 Å². The summed E-state index contributed by atoms with van der Waals surface area (Å²) in [5.74, 6) is 0.425. The number of para-hydroxylation sites is 1. The van der Waals surface area contributed by atoms with Crippen molar-refractivity contribution in [3.8, 4) is 39.7 Å². The van der Waals surface area contributed by atoms with Crippen molar-refractivity contribution >= 4 is 12.2 Å². The number of rotatable bonds is 3. The Bertz CT molecular complexity index is 1410. The van der Waals surface area contributed by atoms with Gasteiger partial charge >= 0.3 is 0 Å². The minimum atomic E-state index is -0.355. The van der Waals surface area contributed by atoms with Crippen LogP contribution in [-0.2, 0) is 0 Å². The van der Waals surface area contributed by atoms with Crippen LogP contribution in [0.4, 0.5) is 0 Å². The second-order valence-corrected chi connectivity index (χ2v) is 7.14. The molecule has 0 saturated heterocycles. The Morgan fingerprint density at radius 2 is 1.27 bits per heavy atom. The number of aromatic nitrogens is 4. The monoisotopic (exact) mass is 408 g/mol. The molecule has 2 aliphatic rings. The molecule has 144 valence electrons. The van der Waals surface area contributed by atoms with Gasteiger partial charge in [0.2, 0.25) is 4.77 Å². The molecule has 6 heteroatoms. The first-order valence-corrected chi connectivity index (χ1v) is 9.86. The number of nitrogens with zero attached hydrogens (tertiary/aromatic N) is 3. The largest absolute Gasteiger partial charge is 0.296 e. The molecule has 3 aromatic rings. The molecule has 0 bridgehead atoms. The quantitative estimate of drug-likeness (QED) is 0.421. The van der Waals surface area contributed by atoms with Gasteiger partial charge in [-0.05, 0) is 24.4 Å². The van der Waals surface area contributed by atoms with Crippen LogP contribution in [0.25, 0.3) is 39.7 Å². The number of hydrogen-bond acceptors (Lipinski definition) is 4. The summed E-state index contributed by atoms with van der Waals surface area (Å²) in [5, 5.41) is 0. The lowest BCUT2D eigenvalue weighted by Crippen LogP contribution is -2.21. The number of aromatic amines is 1. The summed E-state index contributed by atoms with van der Waals surface area (Å²) in [7, 11) is 0. The molecule has 0 atom stereocenters. The molecule has 3 aromatic carbocycles. The average molecular weight is 408 g/mol. The Balaban J connectivity index is 2.03. The molecule has 0 aliphatic carbocycles. The third kappa shape index (κ3) is 3.13. The van der Waals surface area contributed by atoms with Gasteiger partial charge in [0.05, 0.1) is 11.4 Å². The lowest BCUT2D eigenvalue weighted by Gasteiger charge is -2.22. The molecule has 0 radical (unpaired) electrons. The van der Waals surface area contributed by atoms with E-state index in [1.807, 2.05) is 95.6 Å². The summed E-state index contributed by atoms with van der Waals surface area (Å²) in [6.07, 6.45) is 0. The van der Waals surface area contributed by atoms with E-state index < -0.39 is 0 Å². The van der Waals surface area contributed by atoms with Crippen molar-refractivity contribution < 1.29 is 0 Å². The maximum Gasteiger partial charge on any atom is 0.279 e. The zero-order chi connectivity index (χ0) is 20.5. The average Bonchev–Trinajstić information content (AvgIpc) is 2.79.